The number of nitrogens with one attached hydrogen (secondary N) is 1. The Morgan fingerprint density at radius 3 is 2.88 bits per heavy atom. The molecule has 1 aliphatic carbocycles. The number of hydrogen-bond acceptors (Lipinski definition) is 2. The first-order chi connectivity index (χ1) is 7.81. The Hall–Kier alpha value is -0.830. The Morgan fingerprint density at radius 2 is 2.19 bits per heavy atom. The van der Waals surface area contributed by atoms with E-state index < -0.39 is 0 Å². The van der Waals surface area contributed by atoms with Crippen molar-refractivity contribution in [2.24, 2.45) is 13.0 Å². The van der Waals surface area contributed by atoms with E-state index in [1.807, 2.05) is 12.4 Å². The Morgan fingerprint density at radius 1 is 1.38 bits per heavy atom. The Balaban J connectivity index is 2.03. The van der Waals surface area contributed by atoms with Crippen molar-refractivity contribution in [2.75, 3.05) is 7.05 Å². The van der Waals surface area contributed by atoms with E-state index in [4.69, 9.17) is 0 Å². The fourth-order valence-corrected chi connectivity index (χ4v) is 2.84. The normalized spacial score (nSPS) is 26.6. The lowest BCUT2D eigenvalue weighted by molar-refractivity contribution is 0.342. The second kappa shape index (κ2) is 5.48. The van der Waals surface area contributed by atoms with Crippen LogP contribution >= 0.6 is 0 Å². The molecule has 0 saturated heterocycles. The van der Waals surface area contributed by atoms with E-state index in [-0.39, 0.29) is 0 Å². The number of rotatable bonds is 3. The minimum Gasteiger partial charge on any atom is -0.338 e. The van der Waals surface area contributed by atoms with Gasteiger partial charge in [-0.1, -0.05) is 19.3 Å². The predicted octanol–water partition coefficient (Wildman–Crippen LogP) is 2.13. The molecule has 0 radical (unpaired) electrons. The fourth-order valence-electron chi connectivity index (χ4n) is 2.84. The second-order valence-electron chi connectivity index (χ2n) is 4.95. The largest absolute Gasteiger partial charge is 0.338 e. The van der Waals surface area contributed by atoms with Crippen LogP contribution in [0.4, 0.5) is 0 Å². The first-order valence-corrected chi connectivity index (χ1v) is 6.44. The summed E-state index contributed by atoms with van der Waals surface area (Å²) < 4.78 is 2.15. The molecule has 0 aromatic carbocycles. The Bertz CT molecular complexity index is 319. The minimum absolute atomic E-state index is 0.680. The van der Waals surface area contributed by atoms with Crippen molar-refractivity contribution in [3.05, 3.63) is 18.2 Å². The molecule has 2 atom stereocenters. The van der Waals surface area contributed by atoms with E-state index in [9.17, 15) is 0 Å². The maximum atomic E-state index is 4.44. The highest BCUT2D eigenvalue weighted by Gasteiger charge is 2.23. The molecule has 2 unspecified atom stereocenters. The molecule has 0 spiro atoms. The van der Waals surface area contributed by atoms with Crippen LogP contribution in [0.1, 0.15) is 37.9 Å². The van der Waals surface area contributed by atoms with Gasteiger partial charge in [0.2, 0.25) is 0 Å². The maximum Gasteiger partial charge on any atom is 0.108 e. The van der Waals surface area contributed by atoms with Crippen LogP contribution in [-0.4, -0.2) is 22.6 Å². The van der Waals surface area contributed by atoms with Gasteiger partial charge in [-0.15, -0.1) is 0 Å². The quantitative estimate of drug-likeness (QED) is 0.792. The average molecular weight is 221 g/mol. The zero-order chi connectivity index (χ0) is 11.4. The molecule has 90 valence electrons. The van der Waals surface area contributed by atoms with Crippen LogP contribution in [0.15, 0.2) is 12.4 Å². The van der Waals surface area contributed by atoms with Crippen molar-refractivity contribution in [1.29, 1.82) is 0 Å². The topological polar surface area (TPSA) is 29.9 Å². The molecule has 0 bridgehead atoms. The minimum atomic E-state index is 0.680. The molecule has 0 aliphatic heterocycles. The first kappa shape index (κ1) is 11.6. The predicted molar refractivity (Wildman–Crippen MR) is 66.3 cm³/mol. The van der Waals surface area contributed by atoms with Gasteiger partial charge in [-0.2, -0.15) is 0 Å². The summed E-state index contributed by atoms with van der Waals surface area (Å²) in [6.45, 7) is 0. The molecule has 1 fully saturated rings. The number of aromatic nitrogens is 2. The van der Waals surface area contributed by atoms with Gasteiger partial charge >= 0.3 is 0 Å². The second-order valence-corrected chi connectivity index (χ2v) is 4.95. The van der Waals surface area contributed by atoms with Crippen molar-refractivity contribution in [3.8, 4) is 0 Å². The van der Waals surface area contributed by atoms with Crippen LogP contribution in [0.2, 0.25) is 0 Å². The SMILES string of the molecule is CNC1CCCCCC1Cc1nccn1C. The van der Waals surface area contributed by atoms with Crippen LogP contribution in [0.5, 0.6) is 0 Å². The number of nitrogens with zero attached hydrogens (tertiary/aromatic N) is 2. The molecular formula is C13H23N3. The monoisotopic (exact) mass is 221 g/mol. The fraction of sp³-hybridized carbons (Fsp3) is 0.769. The summed E-state index contributed by atoms with van der Waals surface area (Å²) in [6, 6.07) is 0.680. The number of aryl methyl sites for hydroxylation is 1. The highest BCUT2D eigenvalue weighted by Crippen LogP contribution is 2.25. The molecule has 2 rings (SSSR count). The summed E-state index contributed by atoms with van der Waals surface area (Å²) in [5, 5.41) is 3.49. The highest BCUT2D eigenvalue weighted by molar-refractivity contribution is 4.95. The van der Waals surface area contributed by atoms with E-state index in [1.165, 1.54) is 37.9 Å². The van der Waals surface area contributed by atoms with Crippen LogP contribution in [0.3, 0.4) is 0 Å². The molecule has 1 aromatic heterocycles. The van der Waals surface area contributed by atoms with E-state index >= 15 is 0 Å². The molecule has 1 heterocycles. The Kier molecular flexibility index (Phi) is 3.99. The summed E-state index contributed by atoms with van der Waals surface area (Å²) in [5.74, 6) is 1.99. The lowest BCUT2D eigenvalue weighted by atomic mass is 9.91. The van der Waals surface area contributed by atoms with Gasteiger partial charge in [0.15, 0.2) is 0 Å². The van der Waals surface area contributed by atoms with Gasteiger partial charge in [0.05, 0.1) is 0 Å². The molecule has 3 heteroatoms. The zero-order valence-corrected chi connectivity index (χ0v) is 10.4. The summed E-state index contributed by atoms with van der Waals surface area (Å²) in [4.78, 5) is 4.44. The van der Waals surface area contributed by atoms with E-state index in [1.54, 1.807) is 0 Å². The summed E-state index contributed by atoms with van der Waals surface area (Å²) in [6.07, 6.45) is 11.9. The van der Waals surface area contributed by atoms with Crippen molar-refractivity contribution in [1.82, 2.24) is 14.9 Å². The number of hydrogen-bond donors (Lipinski definition) is 1. The first-order valence-electron chi connectivity index (χ1n) is 6.44. The third kappa shape index (κ3) is 2.64. The van der Waals surface area contributed by atoms with Crippen molar-refractivity contribution in [3.63, 3.8) is 0 Å². The third-order valence-corrected chi connectivity index (χ3v) is 3.90. The van der Waals surface area contributed by atoms with E-state index in [0.29, 0.717) is 6.04 Å². The van der Waals surface area contributed by atoms with Crippen LogP contribution in [0.25, 0.3) is 0 Å². The van der Waals surface area contributed by atoms with Crippen molar-refractivity contribution >= 4 is 0 Å². The molecule has 1 aromatic rings. The van der Waals surface area contributed by atoms with Gasteiger partial charge in [0.1, 0.15) is 5.82 Å². The smallest absolute Gasteiger partial charge is 0.108 e. The van der Waals surface area contributed by atoms with Crippen LogP contribution in [-0.2, 0) is 13.5 Å². The Labute approximate surface area is 98.3 Å². The molecule has 1 N–H and O–H groups in total. The molecule has 1 aliphatic rings. The van der Waals surface area contributed by atoms with Gasteiger partial charge < -0.3 is 9.88 Å². The van der Waals surface area contributed by atoms with Gasteiger partial charge in [0.25, 0.3) is 0 Å². The van der Waals surface area contributed by atoms with Gasteiger partial charge in [0, 0.05) is 31.9 Å². The standard InChI is InChI=1S/C13H23N3/c1-14-12-7-5-3-4-6-11(12)10-13-15-8-9-16(13)2/h8-9,11-12,14H,3-7,10H2,1-2H3. The number of imidazole rings is 1. The molecule has 0 amide bonds. The van der Waals surface area contributed by atoms with E-state index in [0.717, 1.165) is 12.3 Å². The highest BCUT2D eigenvalue weighted by atomic mass is 15.0. The maximum absolute atomic E-state index is 4.44. The molecule has 16 heavy (non-hydrogen) atoms. The summed E-state index contributed by atoms with van der Waals surface area (Å²) >= 11 is 0. The summed E-state index contributed by atoms with van der Waals surface area (Å²) in [7, 11) is 4.19. The van der Waals surface area contributed by atoms with Gasteiger partial charge in [-0.3, -0.25) is 0 Å². The van der Waals surface area contributed by atoms with Gasteiger partial charge in [-0.25, -0.2) is 4.98 Å². The van der Waals surface area contributed by atoms with Crippen molar-refractivity contribution < 1.29 is 0 Å². The summed E-state index contributed by atoms with van der Waals surface area (Å²) in [5.41, 5.74) is 0. The van der Waals surface area contributed by atoms with Crippen LogP contribution < -0.4 is 5.32 Å². The molecule has 1 saturated carbocycles. The van der Waals surface area contributed by atoms with Crippen LogP contribution in [0, 0.1) is 5.92 Å². The molecular weight excluding hydrogens is 198 g/mol. The molecule has 3 nitrogen and oxygen atoms in total. The van der Waals surface area contributed by atoms with Crippen molar-refractivity contribution in [2.45, 2.75) is 44.6 Å². The van der Waals surface area contributed by atoms with E-state index in [2.05, 4.69) is 29.0 Å². The average Bonchev–Trinajstić information content (AvgIpc) is 2.56. The van der Waals surface area contributed by atoms with Gasteiger partial charge in [-0.05, 0) is 25.8 Å². The zero-order valence-electron chi connectivity index (χ0n) is 10.4. The lowest BCUT2D eigenvalue weighted by Gasteiger charge is -2.24. The third-order valence-electron chi connectivity index (χ3n) is 3.90. The lowest BCUT2D eigenvalue weighted by Crippen LogP contribution is -2.34.